The molecule has 0 amide bonds. The highest BCUT2D eigenvalue weighted by Crippen LogP contribution is 2.29. The van der Waals surface area contributed by atoms with Gasteiger partial charge in [0.2, 0.25) is 10.0 Å². The van der Waals surface area contributed by atoms with Gasteiger partial charge in [-0.05, 0) is 22.9 Å². The Kier molecular flexibility index (Phi) is 5.11. The molecule has 1 aromatic heterocycles. The van der Waals surface area contributed by atoms with Crippen molar-refractivity contribution in [2.75, 3.05) is 7.11 Å². The predicted molar refractivity (Wildman–Crippen MR) is 70.3 cm³/mol. The Morgan fingerprint density at radius 1 is 1.48 bits per heavy atom. The number of aromatic nitrogens is 1. The number of hydrogen-bond donors (Lipinski definition) is 1. The summed E-state index contributed by atoms with van der Waals surface area (Å²) >= 11 is 2.90. The van der Waals surface area contributed by atoms with E-state index in [0.29, 0.717) is 6.92 Å². The van der Waals surface area contributed by atoms with E-state index in [1.165, 1.54) is 11.8 Å². The quantitative estimate of drug-likeness (QED) is 0.792. The average Bonchev–Trinajstić information content (AvgIpc) is 2.63. The highest BCUT2D eigenvalue weighted by Gasteiger charge is 2.40. The number of nitrogens with one attached hydrogen (secondary N) is 1. The van der Waals surface area contributed by atoms with Crippen molar-refractivity contribution in [2.45, 2.75) is 24.0 Å². The first-order chi connectivity index (χ1) is 9.41. The number of carbonyl (C=O) groups excluding carboxylic acids is 1. The first-order valence-corrected chi connectivity index (χ1v) is 7.71. The van der Waals surface area contributed by atoms with Crippen LogP contribution in [0, 0.1) is 0 Å². The molecular weight excluding hydrogens is 381 g/mol. The summed E-state index contributed by atoms with van der Waals surface area (Å²) in [5.41, 5.74) is -0.127. The normalized spacial score (nSPS) is 14.0. The van der Waals surface area contributed by atoms with E-state index in [-0.39, 0.29) is 10.2 Å². The fraction of sp³-hybridized carbons (Fsp3) is 0.500. The van der Waals surface area contributed by atoms with Gasteiger partial charge in [0.15, 0.2) is 0 Å². The molecule has 6 nitrogen and oxygen atoms in total. The van der Waals surface area contributed by atoms with E-state index in [2.05, 4.69) is 20.7 Å². The Balaban J connectivity index is 3.25. The van der Waals surface area contributed by atoms with Crippen molar-refractivity contribution in [3.8, 4) is 0 Å². The molecule has 120 valence electrons. The topological polar surface area (TPSA) is 77.4 Å². The molecule has 0 saturated heterocycles. The van der Waals surface area contributed by atoms with Gasteiger partial charge in [-0.2, -0.15) is 17.9 Å². The van der Waals surface area contributed by atoms with Gasteiger partial charge in [0.1, 0.15) is 16.6 Å². The van der Waals surface area contributed by atoms with E-state index >= 15 is 0 Å². The summed E-state index contributed by atoms with van der Waals surface area (Å²) in [6.45, 7) is 0.676. The van der Waals surface area contributed by atoms with Crippen molar-refractivity contribution in [2.24, 2.45) is 7.05 Å². The molecule has 1 unspecified atom stereocenters. The molecule has 1 aromatic rings. The molecule has 0 saturated carbocycles. The Labute approximate surface area is 127 Å². The number of hydrogen-bond acceptors (Lipinski definition) is 4. The summed E-state index contributed by atoms with van der Waals surface area (Å²) in [5.74, 6) is -0.824. The number of halogens is 4. The minimum Gasteiger partial charge on any atom is -0.464 e. The summed E-state index contributed by atoms with van der Waals surface area (Å²) in [7, 11) is -2.00. The van der Waals surface area contributed by atoms with E-state index in [0.717, 1.165) is 17.9 Å². The van der Waals surface area contributed by atoms with Gasteiger partial charge in [0, 0.05) is 13.2 Å². The minimum absolute atomic E-state index is 0.127. The lowest BCUT2D eigenvalue weighted by atomic mass is 10.4. The Bertz CT molecular complexity index is 654. The van der Waals surface area contributed by atoms with Crippen molar-refractivity contribution in [3.63, 3.8) is 0 Å². The van der Waals surface area contributed by atoms with Crippen molar-refractivity contribution < 1.29 is 31.1 Å². The van der Waals surface area contributed by atoms with Crippen LogP contribution in [-0.2, 0) is 21.8 Å². The van der Waals surface area contributed by atoms with Crippen LogP contribution in [0.15, 0.2) is 15.6 Å². The molecule has 0 aromatic carbocycles. The van der Waals surface area contributed by atoms with Gasteiger partial charge in [0.25, 0.3) is 0 Å². The maximum Gasteiger partial charge on any atom is 0.404 e. The van der Waals surface area contributed by atoms with Gasteiger partial charge >= 0.3 is 12.1 Å². The summed E-state index contributed by atoms with van der Waals surface area (Å²) < 4.78 is 68.2. The molecule has 0 aliphatic heterocycles. The third-order valence-corrected chi connectivity index (χ3v) is 5.20. The smallest absolute Gasteiger partial charge is 0.404 e. The van der Waals surface area contributed by atoms with Crippen molar-refractivity contribution >= 4 is 31.9 Å². The Morgan fingerprint density at radius 3 is 2.43 bits per heavy atom. The van der Waals surface area contributed by atoms with Crippen molar-refractivity contribution in [3.05, 3.63) is 16.4 Å². The number of alkyl halides is 3. The third-order valence-electron chi connectivity index (χ3n) is 2.58. The standard InChI is InChI=1S/C10H12BrF3N2O4S/c1-5(10(12,13)14)15-21(18,19)6-4-16(2)8(7(6)11)9(17)20-3/h4-5,15H,1-3H3. The van der Waals surface area contributed by atoms with Crippen LogP contribution < -0.4 is 4.72 Å². The maximum absolute atomic E-state index is 12.4. The van der Waals surface area contributed by atoms with Crippen LogP contribution in [-0.4, -0.2) is 38.3 Å². The predicted octanol–water partition coefficient (Wildman–Crippen LogP) is 1.80. The zero-order valence-corrected chi connectivity index (χ0v) is 13.6. The molecule has 1 atom stereocenters. The van der Waals surface area contributed by atoms with Crippen LogP contribution in [0.2, 0.25) is 0 Å². The molecule has 1 heterocycles. The minimum atomic E-state index is -4.72. The summed E-state index contributed by atoms with van der Waals surface area (Å²) in [6.07, 6.45) is -3.71. The first-order valence-electron chi connectivity index (χ1n) is 5.44. The van der Waals surface area contributed by atoms with Crippen LogP contribution in [0.3, 0.4) is 0 Å². The molecular formula is C10H12BrF3N2O4S. The Morgan fingerprint density at radius 2 is 2.00 bits per heavy atom. The fourth-order valence-electron chi connectivity index (χ4n) is 1.45. The molecule has 0 spiro atoms. The lowest BCUT2D eigenvalue weighted by Crippen LogP contribution is -2.42. The molecule has 21 heavy (non-hydrogen) atoms. The second-order valence-corrected chi connectivity index (χ2v) is 6.62. The Hall–Kier alpha value is -1.07. The second-order valence-electron chi connectivity index (χ2n) is 4.14. The number of esters is 1. The molecule has 0 aliphatic rings. The van der Waals surface area contributed by atoms with Crippen LogP contribution in [0.5, 0.6) is 0 Å². The van der Waals surface area contributed by atoms with Gasteiger partial charge < -0.3 is 9.30 Å². The van der Waals surface area contributed by atoms with Crippen LogP contribution in [0.1, 0.15) is 17.4 Å². The molecule has 0 radical (unpaired) electrons. The zero-order valence-electron chi connectivity index (χ0n) is 11.2. The molecule has 1 rings (SSSR count). The number of rotatable bonds is 4. The van der Waals surface area contributed by atoms with E-state index in [4.69, 9.17) is 0 Å². The third kappa shape index (κ3) is 3.77. The number of carbonyl (C=O) groups is 1. The molecule has 1 N–H and O–H groups in total. The van der Waals surface area contributed by atoms with Crippen LogP contribution in [0.4, 0.5) is 13.2 Å². The molecule has 0 bridgehead atoms. The summed E-state index contributed by atoms with van der Waals surface area (Å²) in [5, 5.41) is 0. The van der Waals surface area contributed by atoms with Crippen LogP contribution in [0.25, 0.3) is 0 Å². The monoisotopic (exact) mass is 392 g/mol. The lowest BCUT2D eigenvalue weighted by Gasteiger charge is -2.16. The number of aryl methyl sites for hydroxylation is 1. The second kappa shape index (κ2) is 5.97. The summed E-state index contributed by atoms with van der Waals surface area (Å²) in [6, 6.07) is -2.27. The highest BCUT2D eigenvalue weighted by molar-refractivity contribution is 9.10. The fourth-order valence-corrected chi connectivity index (χ4v) is 3.99. The number of ether oxygens (including phenoxy) is 1. The number of nitrogens with zero attached hydrogens (tertiary/aromatic N) is 1. The largest absolute Gasteiger partial charge is 0.464 e. The van der Waals surface area contributed by atoms with Gasteiger partial charge in [-0.15, -0.1) is 0 Å². The SMILES string of the molecule is COC(=O)c1c(Br)c(S(=O)(=O)NC(C)C(F)(F)F)cn1C. The highest BCUT2D eigenvalue weighted by atomic mass is 79.9. The van der Waals surface area contributed by atoms with E-state index in [9.17, 15) is 26.4 Å². The summed E-state index contributed by atoms with van der Waals surface area (Å²) in [4.78, 5) is 11.0. The first kappa shape index (κ1) is 18.0. The van der Waals surface area contributed by atoms with Crippen LogP contribution >= 0.6 is 15.9 Å². The number of methoxy groups -OCH3 is 1. The van der Waals surface area contributed by atoms with E-state index < -0.39 is 33.1 Å². The zero-order chi connectivity index (χ0) is 16.6. The van der Waals surface area contributed by atoms with Gasteiger partial charge in [-0.3, -0.25) is 0 Å². The van der Waals surface area contributed by atoms with Gasteiger partial charge in [0.05, 0.1) is 11.6 Å². The van der Waals surface area contributed by atoms with Crippen molar-refractivity contribution in [1.82, 2.24) is 9.29 Å². The maximum atomic E-state index is 12.4. The van der Waals surface area contributed by atoms with E-state index in [1.807, 2.05) is 0 Å². The molecule has 0 fully saturated rings. The lowest BCUT2D eigenvalue weighted by molar-refractivity contribution is -0.147. The number of sulfonamides is 1. The van der Waals surface area contributed by atoms with Crippen molar-refractivity contribution in [1.29, 1.82) is 0 Å². The van der Waals surface area contributed by atoms with Gasteiger partial charge in [-0.1, -0.05) is 0 Å². The molecule has 0 aliphatic carbocycles. The van der Waals surface area contributed by atoms with Gasteiger partial charge in [-0.25, -0.2) is 13.2 Å². The average molecular weight is 393 g/mol. The molecule has 11 heteroatoms. The van der Waals surface area contributed by atoms with E-state index in [1.54, 1.807) is 0 Å².